The predicted octanol–water partition coefficient (Wildman–Crippen LogP) is 1.18. The number of amides is 2. The molecule has 2 aliphatic rings. The molecule has 0 N–H and O–H groups in total. The van der Waals surface area contributed by atoms with Crippen molar-refractivity contribution in [3.8, 4) is 11.5 Å². The van der Waals surface area contributed by atoms with Crippen molar-refractivity contribution >= 4 is 35.1 Å². The molecule has 2 atom stereocenters. The van der Waals surface area contributed by atoms with Crippen molar-refractivity contribution in [1.29, 1.82) is 0 Å². The van der Waals surface area contributed by atoms with Gasteiger partial charge in [0.1, 0.15) is 11.5 Å². The van der Waals surface area contributed by atoms with Crippen LogP contribution < -0.4 is 19.3 Å². The van der Waals surface area contributed by atoms with Crippen LogP contribution in [0.1, 0.15) is 11.1 Å². The average Bonchev–Trinajstić information content (AvgIpc) is 3.23. The maximum Gasteiger partial charge on any atom is 0.328 e. The predicted molar refractivity (Wildman–Crippen MR) is 120 cm³/mol. The summed E-state index contributed by atoms with van der Waals surface area (Å²) in [5, 5.41) is 0. The van der Waals surface area contributed by atoms with Gasteiger partial charge in [0.25, 0.3) is 11.8 Å². The van der Waals surface area contributed by atoms with Gasteiger partial charge in [-0.25, -0.2) is 0 Å². The third-order valence-corrected chi connectivity index (χ3v) is 6.74. The highest BCUT2D eigenvalue weighted by Gasteiger charge is 2.79. The molecule has 0 fully saturated rings. The van der Waals surface area contributed by atoms with Gasteiger partial charge in [-0.2, -0.15) is 0 Å². The van der Waals surface area contributed by atoms with Crippen LogP contribution in [0.15, 0.2) is 36.4 Å². The number of benzene rings is 2. The number of carbonyl (C=O) groups is 4. The largest absolute Gasteiger partial charge is 0.497 e. The lowest BCUT2D eigenvalue weighted by molar-refractivity contribution is -0.168. The molecule has 0 radical (unpaired) electrons. The number of nitrogens with zero attached hydrogens (tertiary/aromatic N) is 2. The summed E-state index contributed by atoms with van der Waals surface area (Å²) in [6.07, 6.45) is 0. The van der Waals surface area contributed by atoms with E-state index in [9.17, 15) is 19.2 Å². The SMILES string of the molecule is COC(=O)[C@]1([C@@]2(C(=O)OC)C(=O)N(C)c3cc(OC)ccc32)C(=O)N(C)c2cc(OC)ccc21. The Kier molecular flexibility index (Phi) is 5.27. The molecule has 34 heavy (non-hydrogen) atoms. The summed E-state index contributed by atoms with van der Waals surface area (Å²) in [5.41, 5.74) is -3.93. The van der Waals surface area contributed by atoms with Gasteiger partial charge in [0.05, 0.1) is 39.8 Å². The molecule has 0 saturated carbocycles. The van der Waals surface area contributed by atoms with E-state index in [1.165, 1.54) is 50.2 Å². The zero-order chi connectivity index (χ0) is 25.0. The van der Waals surface area contributed by atoms with Crippen molar-refractivity contribution in [1.82, 2.24) is 0 Å². The van der Waals surface area contributed by atoms with Crippen LogP contribution in [0.3, 0.4) is 0 Å². The van der Waals surface area contributed by atoms with Gasteiger partial charge in [-0.1, -0.05) is 12.1 Å². The minimum Gasteiger partial charge on any atom is -0.497 e. The Morgan fingerprint density at radius 1 is 0.676 bits per heavy atom. The van der Waals surface area contributed by atoms with Crippen molar-refractivity contribution in [2.45, 2.75) is 10.8 Å². The molecular weight excluding hydrogens is 444 g/mol. The topological polar surface area (TPSA) is 112 Å². The maximum absolute atomic E-state index is 14.1. The van der Waals surface area contributed by atoms with Gasteiger partial charge >= 0.3 is 11.9 Å². The summed E-state index contributed by atoms with van der Waals surface area (Å²) < 4.78 is 20.8. The minimum atomic E-state index is -2.39. The zero-order valence-corrected chi connectivity index (χ0v) is 19.6. The Bertz CT molecular complexity index is 1150. The van der Waals surface area contributed by atoms with Crippen molar-refractivity contribution in [3.63, 3.8) is 0 Å². The Balaban J connectivity index is 2.21. The number of esters is 2. The molecule has 178 valence electrons. The molecule has 4 rings (SSSR count). The number of fused-ring (bicyclic) bond motifs is 2. The van der Waals surface area contributed by atoms with Gasteiger partial charge in [-0.15, -0.1) is 0 Å². The van der Waals surface area contributed by atoms with Gasteiger partial charge in [0.2, 0.25) is 10.8 Å². The van der Waals surface area contributed by atoms with Crippen molar-refractivity contribution in [2.75, 3.05) is 52.3 Å². The fourth-order valence-electron chi connectivity index (χ4n) is 5.15. The Hall–Kier alpha value is -4.08. The Morgan fingerprint density at radius 3 is 1.32 bits per heavy atom. The van der Waals surface area contributed by atoms with Crippen LogP contribution in [0.5, 0.6) is 11.5 Å². The van der Waals surface area contributed by atoms with Crippen molar-refractivity contribution < 1.29 is 38.1 Å². The van der Waals surface area contributed by atoms with E-state index in [-0.39, 0.29) is 11.1 Å². The summed E-state index contributed by atoms with van der Waals surface area (Å²) >= 11 is 0. The first kappa shape index (κ1) is 23.1. The number of hydrogen-bond donors (Lipinski definition) is 0. The summed E-state index contributed by atoms with van der Waals surface area (Å²) in [6, 6.07) is 9.19. The fourth-order valence-corrected chi connectivity index (χ4v) is 5.15. The summed E-state index contributed by atoms with van der Waals surface area (Å²) in [6.45, 7) is 0. The van der Waals surface area contributed by atoms with Crippen LogP contribution in [-0.2, 0) is 39.5 Å². The molecule has 2 aromatic carbocycles. The van der Waals surface area contributed by atoms with Crippen LogP contribution in [-0.4, -0.2) is 66.3 Å². The lowest BCUT2D eigenvalue weighted by Crippen LogP contribution is -2.67. The molecule has 0 aromatic heterocycles. The van der Waals surface area contributed by atoms with E-state index in [1.54, 1.807) is 24.3 Å². The molecule has 2 amide bonds. The van der Waals surface area contributed by atoms with E-state index in [0.717, 1.165) is 14.2 Å². The lowest BCUT2D eigenvalue weighted by Gasteiger charge is -2.39. The number of likely N-dealkylation sites (N-methyl/N-ethyl adjacent to an activating group) is 2. The first-order chi connectivity index (χ1) is 16.2. The van der Waals surface area contributed by atoms with Gasteiger partial charge in [-0.3, -0.25) is 19.2 Å². The van der Waals surface area contributed by atoms with Crippen molar-refractivity contribution in [3.05, 3.63) is 47.5 Å². The lowest BCUT2D eigenvalue weighted by atomic mass is 9.57. The Labute approximate surface area is 195 Å². The zero-order valence-electron chi connectivity index (χ0n) is 19.6. The van der Waals surface area contributed by atoms with Crippen molar-refractivity contribution in [2.24, 2.45) is 0 Å². The van der Waals surface area contributed by atoms with Gasteiger partial charge in [-0.05, 0) is 12.1 Å². The molecule has 2 aliphatic heterocycles. The van der Waals surface area contributed by atoms with E-state index in [0.29, 0.717) is 22.9 Å². The molecule has 0 bridgehead atoms. The first-order valence-electron chi connectivity index (χ1n) is 10.3. The Morgan fingerprint density at radius 2 is 1.03 bits per heavy atom. The molecule has 0 saturated heterocycles. The number of carbonyl (C=O) groups excluding carboxylic acids is 4. The first-order valence-corrected chi connectivity index (χ1v) is 10.3. The second kappa shape index (κ2) is 7.75. The fraction of sp³-hybridized carbons (Fsp3) is 0.333. The van der Waals surface area contributed by atoms with E-state index in [1.807, 2.05) is 0 Å². The van der Waals surface area contributed by atoms with Crippen LogP contribution in [0.4, 0.5) is 11.4 Å². The van der Waals surface area contributed by atoms with Crippen LogP contribution in [0, 0.1) is 0 Å². The summed E-state index contributed by atoms with van der Waals surface area (Å²) in [7, 11) is 8.02. The molecule has 10 heteroatoms. The third kappa shape index (κ3) is 2.45. The number of methoxy groups -OCH3 is 4. The summed E-state index contributed by atoms with van der Waals surface area (Å²) in [4.78, 5) is 58.0. The summed E-state index contributed by atoms with van der Waals surface area (Å²) in [5.74, 6) is -2.90. The average molecular weight is 468 g/mol. The second-order valence-corrected chi connectivity index (χ2v) is 7.98. The van der Waals surface area contributed by atoms with E-state index < -0.39 is 34.6 Å². The molecule has 0 spiro atoms. The number of ether oxygens (including phenoxy) is 4. The molecule has 2 heterocycles. The van der Waals surface area contributed by atoms with E-state index in [2.05, 4.69) is 0 Å². The monoisotopic (exact) mass is 468 g/mol. The van der Waals surface area contributed by atoms with E-state index in [4.69, 9.17) is 18.9 Å². The highest BCUT2D eigenvalue weighted by atomic mass is 16.5. The van der Waals surface area contributed by atoms with Crippen LogP contribution >= 0.6 is 0 Å². The smallest absolute Gasteiger partial charge is 0.328 e. The molecule has 0 unspecified atom stereocenters. The normalized spacial score (nSPS) is 22.9. The highest BCUT2D eigenvalue weighted by Crippen LogP contribution is 2.59. The third-order valence-electron chi connectivity index (χ3n) is 6.74. The van der Waals surface area contributed by atoms with Gasteiger partial charge in [0.15, 0.2) is 0 Å². The second-order valence-electron chi connectivity index (χ2n) is 7.98. The van der Waals surface area contributed by atoms with Gasteiger partial charge in [0, 0.05) is 37.4 Å². The number of anilines is 2. The van der Waals surface area contributed by atoms with Crippen LogP contribution in [0.2, 0.25) is 0 Å². The molecule has 10 nitrogen and oxygen atoms in total. The van der Waals surface area contributed by atoms with Gasteiger partial charge < -0.3 is 28.7 Å². The maximum atomic E-state index is 14.1. The van der Waals surface area contributed by atoms with E-state index >= 15 is 0 Å². The molecule has 2 aromatic rings. The molecular formula is C24H24N2O8. The molecule has 0 aliphatic carbocycles. The van der Waals surface area contributed by atoms with Crippen LogP contribution in [0.25, 0.3) is 0 Å². The minimum absolute atomic E-state index is 0.128. The quantitative estimate of drug-likeness (QED) is 0.475. The number of rotatable bonds is 5. The number of hydrogen-bond acceptors (Lipinski definition) is 8. The standard InChI is InChI=1S/C24H24N2O8/c1-25-17-11-13(31-3)7-9-15(17)23(19(25)27,21(29)33-5)24(22(30)34-6)16-10-8-14(32-4)12-18(16)26(2)20(24)28/h7-12H,1-6H3/t23-,24-/m1/s1. The highest BCUT2D eigenvalue weighted by molar-refractivity contribution is 6.34.